The normalized spacial score (nSPS) is 11.2. The number of benzene rings is 1. The molecule has 0 aliphatic heterocycles. The van der Waals surface area contributed by atoms with Gasteiger partial charge in [-0.15, -0.1) is 0 Å². The highest BCUT2D eigenvalue weighted by molar-refractivity contribution is 5.34. The molecule has 21 heavy (non-hydrogen) atoms. The highest BCUT2D eigenvalue weighted by Gasteiger charge is 2.19. The maximum atomic E-state index is 5.82. The number of methoxy groups -OCH3 is 1. The van der Waals surface area contributed by atoms with Crippen molar-refractivity contribution in [1.82, 2.24) is 9.97 Å². The van der Waals surface area contributed by atoms with Crippen molar-refractivity contribution in [3.63, 3.8) is 0 Å². The van der Waals surface area contributed by atoms with E-state index in [0.717, 1.165) is 11.3 Å². The molecule has 5 heteroatoms. The van der Waals surface area contributed by atoms with E-state index in [1.165, 1.54) is 0 Å². The number of hydrogen-bond donors (Lipinski definition) is 1. The molecule has 0 aliphatic carbocycles. The van der Waals surface area contributed by atoms with Crippen LogP contribution in [-0.2, 0) is 12.0 Å². The van der Waals surface area contributed by atoms with Gasteiger partial charge in [0, 0.05) is 11.5 Å². The third kappa shape index (κ3) is 4.08. The van der Waals surface area contributed by atoms with Crippen molar-refractivity contribution < 1.29 is 9.47 Å². The fraction of sp³-hybridized carbons (Fsp3) is 0.375. The predicted octanol–water partition coefficient (Wildman–Crippen LogP) is 2.94. The van der Waals surface area contributed by atoms with Crippen molar-refractivity contribution in [3.8, 4) is 11.6 Å². The van der Waals surface area contributed by atoms with E-state index in [1.54, 1.807) is 13.2 Å². The highest BCUT2D eigenvalue weighted by Crippen LogP contribution is 2.23. The average molecular weight is 287 g/mol. The molecule has 0 spiro atoms. The van der Waals surface area contributed by atoms with Gasteiger partial charge in [0.2, 0.25) is 5.88 Å². The first-order valence-corrected chi connectivity index (χ1v) is 6.79. The Morgan fingerprint density at radius 3 is 2.57 bits per heavy atom. The molecule has 0 bridgehead atoms. The van der Waals surface area contributed by atoms with Crippen molar-refractivity contribution in [3.05, 3.63) is 41.7 Å². The third-order valence-electron chi connectivity index (χ3n) is 2.91. The molecule has 5 nitrogen and oxygen atoms in total. The zero-order chi connectivity index (χ0) is 15.5. The average Bonchev–Trinajstić information content (AvgIpc) is 2.44. The Kier molecular flexibility index (Phi) is 4.31. The van der Waals surface area contributed by atoms with Crippen LogP contribution >= 0.6 is 0 Å². The second-order valence-corrected chi connectivity index (χ2v) is 5.84. The number of anilines is 1. The fourth-order valence-electron chi connectivity index (χ4n) is 1.77. The molecule has 2 aromatic rings. The van der Waals surface area contributed by atoms with Crippen molar-refractivity contribution in [1.29, 1.82) is 0 Å². The zero-order valence-corrected chi connectivity index (χ0v) is 12.9. The molecule has 2 N–H and O–H groups in total. The molecule has 0 fully saturated rings. The Morgan fingerprint density at radius 2 is 1.90 bits per heavy atom. The number of nitrogen functional groups attached to an aromatic ring is 1. The number of nitrogens with two attached hydrogens (primary N) is 1. The summed E-state index contributed by atoms with van der Waals surface area (Å²) in [6, 6.07) is 9.35. The summed E-state index contributed by atoms with van der Waals surface area (Å²) in [7, 11) is 1.64. The maximum Gasteiger partial charge on any atom is 0.219 e. The summed E-state index contributed by atoms with van der Waals surface area (Å²) in [5.74, 6) is 2.36. The lowest BCUT2D eigenvalue weighted by atomic mass is 9.96. The van der Waals surface area contributed by atoms with Crippen molar-refractivity contribution in [2.24, 2.45) is 0 Å². The van der Waals surface area contributed by atoms with Crippen molar-refractivity contribution in [2.45, 2.75) is 32.8 Å². The molecule has 0 saturated carbocycles. The Balaban J connectivity index is 2.14. The van der Waals surface area contributed by atoms with E-state index in [1.807, 2.05) is 45.0 Å². The lowest BCUT2D eigenvalue weighted by Crippen LogP contribution is -2.17. The predicted molar refractivity (Wildman–Crippen MR) is 82.5 cm³/mol. The van der Waals surface area contributed by atoms with Gasteiger partial charge in [-0.2, -0.15) is 4.98 Å². The van der Waals surface area contributed by atoms with Crippen LogP contribution in [0, 0.1) is 0 Å². The van der Waals surface area contributed by atoms with Crippen LogP contribution in [0.15, 0.2) is 30.3 Å². The zero-order valence-electron chi connectivity index (χ0n) is 12.9. The summed E-state index contributed by atoms with van der Waals surface area (Å²) in [6.45, 7) is 6.51. The topological polar surface area (TPSA) is 70.3 Å². The molecular weight excluding hydrogens is 266 g/mol. The third-order valence-corrected chi connectivity index (χ3v) is 2.91. The van der Waals surface area contributed by atoms with E-state index >= 15 is 0 Å². The van der Waals surface area contributed by atoms with Crippen LogP contribution < -0.4 is 15.2 Å². The van der Waals surface area contributed by atoms with Crippen LogP contribution in [-0.4, -0.2) is 17.1 Å². The monoisotopic (exact) mass is 287 g/mol. The standard InChI is InChI=1S/C16H21N3O2/c1-16(2,3)15-18-13(17)9-14(19-15)21-10-11-6-5-7-12(8-11)20-4/h5-9H,10H2,1-4H3,(H2,17,18,19). The number of nitrogens with zero attached hydrogens (tertiary/aromatic N) is 2. The number of hydrogen-bond acceptors (Lipinski definition) is 5. The summed E-state index contributed by atoms with van der Waals surface area (Å²) in [5, 5.41) is 0. The Bertz CT molecular complexity index is 621. The highest BCUT2D eigenvalue weighted by atomic mass is 16.5. The molecule has 112 valence electrons. The van der Waals surface area contributed by atoms with Crippen molar-refractivity contribution in [2.75, 3.05) is 12.8 Å². The van der Waals surface area contributed by atoms with Crippen LogP contribution in [0.4, 0.5) is 5.82 Å². The molecule has 1 heterocycles. The molecule has 0 amide bonds. The van der Waals surface area contributed by atoms with Gasteiger partial charge in [-0.05, 0) is 17.7 Å². The van der Waals surface area contributed by atoms with Crippen LogP contribution in [0.3, 0.4) is 0 Å². The quantitative estimate of drug-likeness (QED) is 0.936. The van der Waals surface area contributed by atoms with Gasteiger partial charge >= 0.3 is 0 Å². The first-order valence-electron chi connectivity index (χ1n) is 6.79. The minimum atomic E-state index is -0.177. The first-order chi connectivity index (χ1) is 9.88. The van der Waals surface area contributed by atoms with Crippen LogP contribution in [0.25, 0.3) is 0 Å². The Morgan fingerprint density at radius 1 is 1.14 bits per heavy atom. The summed E-state index contributed by atoms with van der Waals surface area (Å²) in [4.78, 5) is 8.67. The molecule has 0 unspecified atom stereocenters. The smallest absolute Gasteiger partial charge is 0.219 e. The molecule has 0 radical (unpaired) electrons. The molecule has 0 saturated heterocycles. The van der Waals surface area contributed by atoms with E-state index in [2.05, 4.69) is 9.97 Å². The summed E-state index contributed by atoms with van der Waals surface area (Å²) in [6.07, 6.45) is 0. The van der Waals surface area contributed by atoms with Gasteiger partial charge in [-0.3, -0.25) is 0 Å². The van der Waals surface area contributed by atoms with Gasteiger partial charge in [-0.1, -0.05) is 32.9 Å². The van der Waals surface area contributed by atoms with Crippen LogP contribution in [0.2, 0.25) is 0 Å². The minimum absolute atomic E-state index is 0.177. The molecule has 0 atom stereocenters. The largest absolute Gasteiger partial charge is 0.497 e. The van der Waals surface area contributed by atoms with E-state index in [-0.39, 0.29) is 5.41 Å². The number of aromatic nitrogens is 2. The van der Waals surface area contributed by atoms with Crippen molar-refractivity contribution >= 4 is 5.82 Å². The Hall–Kier alpha value is -2.30. The van der Waals surface area contributed by atoms with E-state index < -0.39 is 0 Å². The van der Waals surface area contributed by atoms with Gasteiger partial charge in [0.15, 0.2) is 0 Å². The summed E-state index contributed by atoms with van der Waals surface area (Å²) >= 11 is 0. The number of ether oxygens (including phenoxy) is 2. The summed E-state index contributed by atoms with van der Waals surface area (Å²) in [5.41, 5.74) is 6.65. The van der Waals surface area contributed by atoms with Gasteiger partial charge in [-0.25, -0.2) is 4.98 Å². The molecule has 0 aliphatic rings. The number of rotatable bonds is 4. The Labute approximate surface area is 125 Å². The van der Waals surface area contributed by atoms with Crippen LogP contribution in [0.5, 0.6) is 11.6 Å². The van der Waals surface area contributed by atoms with Gasteiger partial charge in [0.25, 0.3) is 0 Å². The van der Waals surface area contributed by atoms with Gasteiger partial charge in [0.1, 0.15) is 24.0 Å². The fourth-order valence-corrected chi connectivity index (χ4v) is 1.77. The van der Waals surface area contributed by atoms with Crippen LogP contribution in [0.1, 0.15) is 32.2 Å². The maximum absolute atomic E-state index is 5.82. The first kappa shape index (κ1) is 15.1. The van der Waals surface area contributed by atoms with E-state index in [0.29, 0.717) is 24.1 Å². The SMILES string of the molecule is COc1cccc(COc2cc(N)nc(C(C)(C)C)n2)c1. The second kappa shape index (κ2) is 5.99. The minimum Gasteiger partial charge on any atom is -0.497 e. The van der Waals surface area contributed by atoms with Gasteiger partial charge < -0.3 is 15.2 Å². The van der Waals surface area contributed by atoms with E-state index in [9.17, 15) is 0 Å². The van der Waals surface area contributed by atoms with E-state index in [4.69, 9.17) is 15.2 Å². The van der Waals surface area contributed by atoms with Gasteiger partial charge in [0.05, 0.1) is 7.11 Å². The molecule has 1 aromatic carbocycles. The molecule has 1 aromatic heterocycles. The second-order valence-electron chi connectivity index (χ2n) is 5.84. The molecular formula is C16H21N3O2. The summed E-state index contributed by atoms with van der Waals surface area (Å²) < 4.78 is 10.9. The molecule has 2 rings (SSSR count). The lowest BCUT2D eigenvalue weighted by Gasteiger charge is -2.17. The lowest BCUT2D eigenvalue weighted by molar-refractivity contribution is 0.289.